The molecule has 21 heavy (non-hydrogen) atoms. The van der Waals surface area contributed by atoms with Crippen LogP contribution >= 0.6 is 0 Å². The van der Waals surface area contributed by atoms with Crippen molar-refractivity contribution in [2.24, 2.45) is 0 Å². The summed E-state index contributed by atoms with van der Waals surface area (Å²) in [4.78, 5) is 0. The van der Waals surface area contributed by atoms with Gasteiger partial charge in [-0.3, -0.25) is 0 Å². The minimum atomic E-state index is 0.449. The quantitative estimate of drug-likeness (QED) is 0.918. The molecular formula is C19H20N2. The fraction of sp³-hybridized carbons (Fsp3) is 0.316. The maximum Gasteiger partial charge on any atom is 0.0991 e. The first-order valence-electron chi connectivity index (χ1n) is 7.59. The first-order chi connectivity index (χ1) is 10.3. The lowest BCUT2D eigenvalue weighted by Gasteiger charge is -2.26. The van der Waals surface area contributed by atoms with Crippen LogP contribution < -0.4 is 5.32 Å². The number of aryl methyl sites for hydroxylation is 2. The molecule has 0 heterocycles. The minimum Gasteiger partial charge on any atom is -0.306 e. The van der Waals surface area contributed by atoms with Gasteiger partial charge in [0.2, 0.25) is 0 Å². The molecule has 106 valence electrons. The fourth-order valence-corrected chi connectivity index (χ4v) is 3.16. The smallest absolute Gasteiger partial charge is 0.0991 e. The van der Waals surface area contributed by atoms with Crippen molar-refractivity contribution in [2.45, 2.75) is 38.8 Å². The van der Waals surface area contributed by atoms with Crippen molar-refractivity contribution in [2.75, 3.05) is 0 Å². The fourth-order valence-electron chi connectivity index (χ4n) is 3.16. The molecule has 3 rings (SSSR count). The van der Waals surface area contributed by atoms with Crippen LogP contribution in [0, 0.1) is 18.3 Å². The molecule has 1 unspecified atom stereocenters. The minimum absolute atomic E-state index is 0.449. The van der Waals surface area contributed by atoms with E-state index in [1.165, 1.54) is 41.5 Å². The molecule has 1 aliphatic rings. The molecule has 0 bridgehead atoms. The Hall–Kier alpha value is -2.11. The molecule has 2 aromatic carbocycles. The number of hydrogen-bond donors (Lipinski definition) is 1. The summed E-state index contributed by atoms with van der Waals surface area (Å²) < 4.78 is 0. The van der Waals surface area contributed by atoms with Crippen molar-refractivity contribution in [3.8, 4) is 6.07 Å². The van der Waals surface area contributed by atoms with Crippen LogP contribution in [0.15, 0.2) is 42.5 Å². The number of benzene rings is 2. The van der Waals surface area contributed by atoms with Gasteiger partial charge >= 0.3 is 0 Å². The lowest BCUT2D eigenvalue weighted by Crippen LogP contribution is -2.25. The van der Waals surface area contributed by atoms with Gasteiger partial charge in [0.15, 0.2) is 0 Å². The van der Waals surface area contributed by atoms with E-state index >= 15 is 0 Å². The van der Waals surface area contributed by atoms with Crippen LogP contribution in [-0.4, -0.2) is 0 Å². The van der Waals surface area contributed by atoms with Gasteiger partial charge in [0.25, 0.3) is 0 Å². The monoisotopic (exact) mass is 276 g/mol. The molecule has 0 fully saturated rings. The number of fused-ring (bicyclic) bond motifs is 1. The van der Waals surface area contributed by atoms with Crippen LogP contribution in [0.1, 0.15) is 46.7 Å². The molecule has 0 saturated heterocycles. The maximum absolute atomic E-state index is 8.93. The number of rotatable bonds is 3. The molecule has 0 amide bonds. The lowest BCUT2D eigenvalue weighted by atomic mass is 9.87. The first kappa shape index (κ1) is 13.9. The molecule has 0 aromatic heterocycles. The third kappa shape index (κ3) is 2.99. The largest absolute Gasteiger partial charge is 0.306 e. The van der Waals surface area contributed by atoms with E-state index < -0.39 is 0 Å². The van der Waals surface area contributed by atoms with Crippen LogP contribution in [-0.2, 0) is 13.0 Å². The van der Waals surface area contributed by atoms with E-state index in [1.807, 2.05) is 12.1 Å². The summed E-state index contributed by atoms with van der Waals surface area (Å²) in [5.74, 6) is 0. The van der Waals surface area contributed by atoms with Crippen LogP contribution in [0.4, 0.5) is 0 Å². The zero-order chi connectivity index (χ0) is 14.7. The summed E-state index contributed by atoms with van der Waals surface area (Å²) in [6, 6.07) is 17.3. The number of nitrogens with zero attached hydrogens (tertiary/aromatic N) is 1. The van der Waals surface area contributed by atoms with E-state index in [0.717, 1.165) is 12.1 Å². The highest BCUT2D eigenvalue weighted by Crippen LogP contribution is 2.29. The normalized spacial score (nSPS) is 17.0. The van der Waals surface area contributed by atoms with E-state index in [2.05, 4.69) is 48.6 Å². The molecular weight excluding hydrogens is 256 g/mol. The van der Waals surface area contributed by atoms with Gasteiger partial charge in [-0.2, -0.15) is 5.26 Å². The summed E-state index contributed by atoms with van der Waals surface area (Å²) >= 11 is 0. The predicted molar refractivity (Wildman–Crippen MR) is 84.9 cm³/mol. The van der Waals surface area contributed by atoms with Crippen LogP contribution in [0.25, 0.3) is 0 Å². The Morgan fingerprint density at radius 2 is 2.10 bits per heavy atom. The van der Waals surface area contributed by atoms with Gasteiger partial charge in [-0.1, -0.05) is 30.3 Å². The summed E-state index contributed by atoms with van der Waals surface area (Å²) in [6.07, 6.45) is 3.65. The number of hydrogen-bond acceptors (Lipinski definition) is 2. The van der Waals surface area contributed by atoms with Gasteiger partial charge in [-0.15, -0.1) is 0 Å². The average molecular weight is 276 g/mol. The van der Waals surface area contributed by atoms with Crippen LogP contribution in [0.2, 0.25) is 0 Å². The van der Waals surface area contributed by atoms with Crippen molar-refractivity contribution in [3.63, 3.8) is 0 Å². The van der Waals surface area contributed by atoms with Gasteiger partial charge in [0.1, 0.15) is 0 Å². The molecule has 2 nitrogen and oxygen atoms in total. The Morgan fingerprint density at radius 3 is 2.90 bits per heavy atom. The highest BCUT2D eigenvalue weighted by molar-refractivity contribution is 5.38. The molecule has 1 N–H and O–H groups in total. The van der Waals surface area contributed by atoms with Gasteiger partial charge in [0.05, 0.1) is 11.6 Å². The van der Waals surface area contributed by atoms with E-state index in [1.54, 1.807) is 0 Å². The molecule has 1 atom stereocenters. The van der Waals surface area contributed by atoms with E-state index in [0.29, 0.717) is 6.04 Å². The molecule has 1 aliphatic carbocycles. The van der Waals surface area contributed by atoms with Crippen molar-refractivity contribution in [3.05, 3.63) is 70.3 Å². The topological polar surface area (TPSA) is 35.8 Å². The van der Waals surface area contributed by atoms with Gasteiger partial charge in [-0.25, -0.2) is 0 Å². The lowest BCUT2D eigenvalue weighted by molar-refractivity contribution is 0.458. The van der Waals surface area contributed by atoms with Crippen molar-refractivity contribution >= 4 is 0 Å². The zero-order valence-corrected chi connectivity index (χ0v) is 12.4. The Bertz CT molecular complexity index is 682. The zero-order valence-electron chi connectivity index (χ0n) is 12.4. The van der Waals surface area contributed by atoms with Gasteiger partial charge in [0, 0.05) is 12.6 Å². The Labute approximate surface area is 126 Å². The molecule has 2 heteroatoms. The SMILES string of the molecule is Cc1cc(C#N)ccc1CNC1CCCc2ccccc21. The third-order valence-electron chi connectivity index (χ3n) is 4.38. The predicted octanol–water partition coefficient (Wildman–Crippen LogP) is 4.03. The second-order valence-corrected chi connectivity index (χ2v) is 5.78. The molecule has 0 saturated carbocycles. The Kier molecular flexibility index (Phi) is 4.03. The third-order valence-corrected chi connectivity index (χ3v) is 4.38. The van der Waals surface area contributed by atoms with Crippen molar-refractivity contribution in [1.29, 1.82) is 5.26 Å². The van der Waals surface area contributed by atoms with Crippen LogP contribution in [0.3, 0.4) is 0 Å². The van der Waals surface area contributed by atoms with Crippen LogP contribution in [0.5, 0.6) is 0 Å². The van der Waals surface area contributed by atoms with E-state index in [-0.39, 0.29) is 0 Å². The van der Waals surface area contributed by atoms with Crippen molar-refractivity contribution in [1.82, 2.24) is 5.32 Å². The second-order valence-electron chi connectivity index (χ2n) is 5.78. The highest BCUT2D eigenvalue weighted by atomic mass is 14.9. The standard InChI is InChI=1S/C19H20N2/c1-14-11-15(12-20)9-10-17(14)13-21-19-8-4-6-16-5-2-3-7-18(16)19/h2-3,5,7,9-11,19,21H,4,6,8,13H2,1H3. The Morgan fingerprint density at radius 1 is 1.24 bits per heavy atom. The van der Waals surface area contributed by atoms with Gasteiger partial charge in [-0.05, 0) is 60.6 Å². The summed E-state index contributed by atoms with van der Waals surface area (Å²) in [7, 11) is 0. The Balaban J connectivity index is 1.73. The van der Waals surface area contributed by atoms with Crippen molar-refractivity contribution < 1.29 is 0 Å². The molecule has 0 radical (unpaired) electrons. The second kappa shape index (κ2) is 6.11. The first-order valence-corrected chi connectivity index (χ1v) is 7.59. The summed E-state index contributed by atoms with van der Waals surface area (Å²) in [5, 5.41) is 12.6. The average Bonchev–Trinajstić information content (AvgIpc) is 2.53. The summed E-state index contributed by atoms with van der Waals surface area (Å²) in [6.45, 7) is 2.93. The number of nitriles is 1. The maximum atomic E-state index is 8.93. The molecule has 0 aliphatic heterocycles. The number of nitrogens with one attached hydrogen (secondary N) is 1. The van der Waals surface area contributed by atoms with Gasteiger partial charge < -0.3 is 5.32 Å². The highest BCUT2D eigenvalue weighted by Gasteiger charge is 2.19. The van der Waals surface area contributed by atoms with E-state index in [4.69, 9.17) is 5.26 Å². The molecule has 2 aromatic rings. The summed E-state index contributed by atoms with van der Waals surface area (Å²) in [5.41, 5.74) is 6.13. The van der Waals surface area contributed by atoms with E-state index in [9.17, 15) is 0 Å². The molecule has 0 spiro atoms.